The summed E-state index contributed by atoms with van der Waals surface area (Å²) in [6.45, 7) is 2.64. The predicted octanol–water partition coefficient (Wildman–Crippen LogP) is 0.499. The molecule has 0 spiro atoms. The molecule has 0 fully saturated rings. The van der Waals surface area contributed by atoms with Crippen LogP contribution in [0.5, 0.6) is 0 Å². The van der Waals surface area contributed by atoms with Gasteiger partial charge in [-0.15, -0.1) is 0 Å². The number of aliphatic carboxylic acids is 2. The third-order valence-electron chi connectivity index (χ3n) is 2.93. The van der Waals surface area contributed by atoms with Crippen LogP contribution in [0.25, 0.3) is 0 Å². The summed E-state index contributed by atoms with van der Waals surface area (Å²) in [5.41, 5.74) is 0. The fourth-order valence-electron chi connectivity index (χ4n) is 1.70. The Labute approximate surface area is 129 Å². The number of carbonyl (C=O) groups is 3. The zero-order chi connectivity index (χ0) is 16.3. The average molecular weight is 320 g/mol. The molecule has 8 heteroatoms. The summed E-state index contributed by atoms with van der Waals surface area (Å²) < 4.78 is 0. The third kappa shape index (κ3) is 9.30. The summed E-state index contributed by atoms with van der Waals surface area (Å²) in [5.74, 6) is -2.69. The lowest BCUT2D eigenvalue weighted by Crippen LogP contribution is -2.51. The first-order valence-electron chi connectivity index (χ1n) is 7.01. The molecular formula is C13H24N2O5S. The molecule has 0 aromatic heterocycles. The molecule has 0 saturated heterocycles. The van der Waals surface area contributed by atoms with E-state index in [1.54, 1.807) is 0 Å². The van der Waals surface area contributed by atoms with Gasteiger partial charge in [0.15, 0.2) is 0 Å². The highest BCUT2D eigenvalue weighted by molar-refractivity contribution is 7.80. The molecule has 1 amide bonds. The average Bonchev–Trinajstić information content (AvgIpc) is 2.43. The highest BCUT2D eigenvalue weighted by Crippen LogP contribution is 2.01. The van der Waals surface area contributed by atoms with E-state index in [2.05, 4.69) is 30.2 Å². The molecule has 0 rings (SSSR count). The van der Waals surface area contributed by atoms with Gasteiger partial charge in [-0.3, -0.25) is 9.59 Å². The zero-order valence-corrected chi connectivity index (χ0v) is 13.1. The maximum atomic E-state index is 12.0. The molecule has 0 aliphatic carbocycles. The molecular weight excluding hydrogens is 296 g/mol. The van der Waals surface area contributed by atoms with Gasteiger partial charge < -0.3 is 20.8 Å². The Kier molecular flexibility index (Phi) is 10.7. The Hall–Kier alpha value is -1.28. The topological polar surface area (TPSA) is 116 Å². The van der Waals surface area contributed by atoms with Crippen molar-refractivity contribution in [2.24, 2.45) is 0 Å². The second-order valence-corrected chi connectivity index (χ2v) is 5.09. The molecule has 0 saturated carbocycles. The molecule has 0 aromatic rings. The van der Waals surface area contributed by atoms with Crippen LogP contribution in [0.3, 0.4) is 0 Å². The number of nitrogens with one attached hydrogen (secondary N) is 2. The molecule has 0 unspecified atom stereocenters. The number of thiol groups is 1. The van der Waals surface area contributed by atoms with Crippen molar-refractivity contribution in [1.29, 1.82) is 0 Å². The first kappa shape index (κ1) is 19.7. The Bertz CT molecular complexity index is 351. The van der Waals surface area contributed by atoms with E-state index in [0.29, 0.717) is 6.54 Å². The van der Waals surface area contributed by atoms with Crippen LogP contribution in [0.2, 0.25) is 0 Å². The Morgan fingerprint density at radius 1 is 1.14 bits per heavy atom. The van der Waals surface area contributed by atoms with E-state index in [1.807, 2.05) is 0 Å². The summed E-state index contributed by atoms with van der Waals surface area (Å²) >= 11 is 3.87. The lowest BCUT2D eigenvalue weighted by atomic mass is 10.1. The number of hydrogen-bond donors (Lipinski definition) is 5. The van der Waals surface area contributed by atoms with Crippen molar-refractivity contribution < 1.29 is 24.6 Å². The van der Waals surface area contributed by atoms with Crippen LogP contribution in [0, 0.1) is 0 Å². The van der Waals surface area contributed by atoms with E-state index in [9.17, 15) is 14.4 Å². The largest absolute Gasteiger partial charge is 0.481 e. The molecule has 122 valence electrons. The van der Waals surface area contributed by atoms with E-state index in [-0.39, 0.29) is 18.6 Å². The number of hydrogen-bond acceptors (Lipinski definition) is 5. The monoisotopic (exact) mass is 320 g/mol. The fraction of sp³-hybridized carbons (Fsp3) is 0.769. The lowest BCUT2D eigenvalue weighted by Gasteiger charge is -2.20. The summed E-state index contributed by atoms with van der Waals surface area (Å²) in [7, 11) is 0. The number of carboxylic acids is 2. The first-order chi connectivity index (χ1) is 9.92. The van der Waals surface area contributed by atoms with Gasteiger partial charge >= 0.3 is 11.9 Å². The summed E-state index contributed by atoms with van der Waals surface area (Å²) in [4.78, 5) is 33.5. The van der Waals surface area contributed by atoms with Crippen LogP contribution in [-0.4, -0.2) is 52.4 Å². The van der Waals surface area contributed by atoms with Gasteiger partial charge in [-0.1, -0.05) is 19.8 Å². The number of carbonyl (C=O) groups excluding carboxylic acids is 1. The van der Waals surface area contributed by atoms with Gasteiger partial charge in [-0.25, -0.2) is 4.79 Å². The van der Waals surface area contributed by atoms with Crippen molar-refractivity contribution in [3.63, 3.8) is 0 Å². The summed E-state index contributed by atoms with van der Waals surface area (Å²) in [6.07, 6.45) is 2.88. The van der Waals surface area contributed by atoms with E-state index >= 15 is 0 Å². The molecule has 0 aliphatic heterocycles. The molecule has 4 N–H and O–H groups in total. The minimum absolute atomic E-state index is 0.0252. The van der Waals surface area contributed by atoms with Crippen LogP contribution < -0.4 is 10.6 Å². The number of amides is 1. The van der Waals surface area contributed by atoms with Gasteiger partial charge in [0.1, 0.15) is 6.04 Å². The second-order valence-electron chi connectivity index (χ2n) is 4.73. The first-order valence-corrected chi connectivity index (χ1v) is 7.64. The van der Waals surface area contributed by atoms with Gasteiger partial charge in [0.2, 0.25) is 5.91 Å². The van der Waals surface area contributed by atoms with E-state index in [1.165, 1.54) is 0 Å². The molecule has 21 heavy (non-hydrogen) atoms. The normalized spacial score (nSPS) is 13.4. The van der Waals surface area contributed by atoms with Crippen molar-refractivity contribution in [2.75, 3.05) is 12.3 Å². The molecule has 0 aromatic carbocycles. The summed E-state index contributed by atoms with van der Waals surface area (Å²) in [6, 6.07) is -1.79. The molecule has 0 radical (unpaired) electrons. The van der Waals surface area contributed by atoms with Crippen LogP contribution >= 0.6 is 12.6 Å². The fourth-order valence-corrected chi connectivity index (χ4v) is 1.95. The van der Waals surface area contributed by atoms with Gasteiger partial charge in [-0.2, -0.15) is 12.6 Å². The molecule has 0 aliphatic rings. The minimum Gasteiger partial charge on any atom is -0.481 e. The van der Waals surface area contributed by atoms with Crippen molar-refractivity contribution in [3.05, 3.63) is 0 Å². The minimum atomic E-state index is -1.17. The standard InChI is InChI=1S/C13H24N2O5S/c1-2-3-4-7-14-9(5-6-11(16)17)12(18)15-10(8-21)13(19)20/h9-10,14,21H,2-8H2,1H3,(H,15,18)(H,16,17)(H,19,20)/t9-,10-/m0/s1. The predicted molar refractivity (Wildman–Crippen MR) is 81.6 cm³/mol. The molecule has 0 heterocycles. The Balaban J connectivity index is 4.49. The molecule has 7 nitrogen and oxygen atoms in total. The van der Waals surface area contributed by atoms with Crippen LogP contribution in [0.15, 0.2) is 0 Å². The highest BCUT2D eigenvalue weighted by atomic mass is 32.1. The van der Waals surface area contributed by atoms with Crippen LogP contribution in [0.1, 0.15) is 39.0 Å². The zero-order valence-electron chi connectivity index (χ0n) is 12.2. The van der Waals surface area contributed by atoms with Gasteiger partial charge in [0.05, 0.1) is 6.04 Å². The van der Waals surface area contributed by atoms with Crippen LogP contribution in [-0.2, 0) is 14.4 Å². The summed E-state index contributed by atoms with van der Waals surface area (Å²) in [5, 5.41) is 22.9. The van der Waals surface area contributed by atoms with E-state index in [0.717, 1.165) is 19.3 Å². The van der Waals surface area contributed by atoms with Crippen molar-refractivity contribution in [3.8, 4) is 0 Å². The van der Waals surface area contributed by atoms with Crippen molar-refractivity contribution in [1.82, 2.24) is 10.6 Å². The van der Waals surface area contributed by atoms with Gasteiger partial charge in [0, 0.05) is 12.2 Å². The van der Waals surface area contributed by atoms with Gasteiger partial charge in [0.25, 0.3) is 0 Å². The Morgan fingerprint density at radius 3 is 2.29 bits per heavy atom. The number of unbranched alkanes of at least 4 members (excludes halogenated alkanes) is 2. The van der Waals surface area contributed by atoms with Crippen LogP contribution in [0.4, 0.5) is 0 Å². The molecule has 2 atom stereocenters. The number of carboxylic acid groups (broad SMARTS) is 2. The quantitative estimate of drug-likeness (QED) is 0.264. The van der Waals surface area contributed by atoms with Crippen molar-refractivity contribution in [2.45, 2.75) is 51.1 Å². The van der Waals surface area contributed by atoms with Gasteiger partial charge in [-0.05, 0) is 19.4 Å². The van der Waals surface area contributed by atoms with E-state index < -0.39 is 29.9 Å². The third-order valence-corrected chi connectivity index (χ3v) is 3.30. The van der Waals surface area contributed by atoms with Crippen molar-refractivity contribution >= 4 is 30.5 Å². The number of rotatable bonds is 12. The lowest BCUT2D eigenvalue weighted by molar-refractivity contribution is -0.142. The smallest absolute Gasteiger partial charge is 0.327 e. The second kappa shape index (κ2) is 11.4. The maximum Gasteiger partial charge on any atom is 0.327 e. The highest BCUT2D eigenvalue weighted by Gasteiger charge is 2.24. The Morgan fingerprint density at radius 2 is 1.81 bits per heavy atom. The maximum absolute atomic E-state index is 12.0. The SMILES string of the molecule is CCCCCN[C@@H](CCC(=O)O)C(=O)N[C@@H](CS)C(=O)O. The van der Waals surface area contributed by atoms with E-state index in [4.69, 9.17) is 10.2 Å². The molecule has 0 bridgehead atoms.